The molecule has 1 aliphatic carbocycles. The summed E-state index contributed by atoms with van der Waals surface area (Å²) in [6.07, 6.45) is 4.16. The maximum atomic E-state index is 5.72. The van der Waals surface area contributed by atoms with Gasteiger partial charge in [0.2, 0.25) is 0 Å². The molecule has 1 saturated carbocycles. The summed E-state index contributed by atoms with van der Waals surface area (Å²) in [6.45, 7) is 3.04. The molecule has 76 valence electrons. The van der Waals surface area contributed by atoms with E-state index in [1.54, 1.807) is 0 Å². The first-order valence-electron chi connectivity index (χ1n) is 5.16. The Labute approximate surface area is 84.7 Å². The number of hydrogen-bond acceptors (Lipinski definition) is 3. The van der Waals surface area contributed by atoms with Gasteiger partial charge in [0.05, 0.1) is 0 Å². The van der Waals surface area contributed by atoms with Crippen molar-refractivity contribution in [3.63, 3.8) is 0 Å². The van der Waals surface area contributed by atoms with Crippen LogP contribution >= 0.6 is 0 Å². The average Bonchev–Trinajstić information content (AvgIpc) is 2.11. The fourth-order valence-corrected chi connectivity index (χ4v) is 1.87. The van der Waals surface area contributed by atoms with Crippen molar-refractivity contribution in [2.45, 2.75) is 25.8 Å². The molecular weight excluding hydrogens is 174 g/mol. The molecule has 1 aromatic rings. The van der Waals surface area contributed by atoms with Crippen LogP contribution < -0.4 is 11.1 Å². The van der Waals surface area contributed by atoms with E-state index in [9.17, 15) is 0 Å². The Kier molecular flexibility index (Phi) is 2.68. The SMILES string of the molecule is Cc1cc(NCC2CC(N)C2)ccn1. The molecule has 1 fully saturated rings. The van der Waals surface area contributed by atoms with Crippen molar-refractivity contribution in [2.75, 3.05) is 11.9 Å². The zero-order valence-corrected chi connectivity index (χ0v) is 8.53. The van der Waals surface area contributed by atoms with Crippen molar-refractivity contribution in [3.8, 4) is 0 Å². The minimum absolute atomic E-state index is 0.445. The maximum absolute atomic E-state index is 5.72. The van der Waals surface area contributed by atoms with Crippen LogP contribution in [0.4, 0.5) is 5.69 Å². The van der Waals surface area contributed by atoms with E-state index >= 15 is 0 Å². The highest BCUT2D eigenvalue weighted by Gasteiger charge is 2.25. The molecule has 14 heavy (non-hydrogen) atoms. The van der Waals surface area contributed by atoms with E-state index in [0.717, 1.165) is 36.7 Å². The lowest BCUT2D eigenvalue weighted by Crippen LogP contribution is -2.39. The van der Waals surface area contributed by atoms with Crippen LogP contribution in [0.5, 0.6) is 0 Å². The lowest BCUT2D eigenvalue weighted by Gasteiger charge is -2.32. The van der Waals surface area contributed by atoms with E-state index in [2.05, 4.69) is 16.4 Å². The Morgan fingerprint density at radius 1 is 1.57 bits per heavy atom. The summed E-state index contributed by atoms with van der Waals surface area (Å²) in [7, 11) is 0. The van der Waals surface area contributed by atoms with Crippen LogP contribution in [0.3, 0.4) is 0 Å². The molecule has 3 nitrogen and oxygen atoms in total. The third-order valence-electron chi connectivity index (χ3n) is 2.76. The summed E-state index contributed by atoms with van der Waals surface area (Å²) < 4.78 is 0. The van der Waals surface area contributed by atoms with Crippen LogP contribution in [0, 0.1) is 12.8 Å². The number of hydrogen-bond donors (Lipinski definition) is 2. The van der Waals surface area contributed by atoms with Gasteiger partial charge in [-0.05, 0) is 37.8 Å². The van der Waals surface area contributed by atoms with Crippen LogP contribution in [0.15, 0.2) is 18.3 Å². The molecule has 0 bridgehead atoms. The van der Waals surface area contributed by atoms with E-state index in [-0.39, 0.29) is 0 Å². The normalized spacial score (nSPS) is 25.6. The minimum atomic E-state index is 0.445. The van der Waals surface area contributed by atoms with Gasteiger partial charge in [-0.3, -0.25) is 4.98 Å². The molecule has 0 amide bonds. The van der Waals surface area contributed by atoms with Crippen LogP contribution in [-0.2, 0) is 0 Å². The molecule has 0 spiro atoms. The predicted octanol–water partition coefficient (Wildman–Crippen LogP) is 1.54. The molecule has 1 heterocycles. The molecule has 2 rings (SSSR count). The van der Waals surface area contributed by atoms with Gasteiger partial charge in [-0.2, -0.15) is 0 Å². The third kappa shape index (κ3) is 2.23. The Morgan fingerprint density at radius 2 is 2.36 bits per heavy atom. The Bertz CT molecular complexity index is 305. The molecular formula is C11H17N3. The number of anilines is 1. The van der Waals surface area contributed by atoms with Gasteiger partial charge in [-0.1, -0.05) is 0 Å². The first-order valence-corrected chi connectivity index (χ1v) is 5.16. The van der Waals surface area contributed by atoms with Gasteiger partial charge in [-0.15, -0.1) is 0 Å². The van der Waals surface area contributed by atoms with Crippen molar-refractivity contribution >= 4 is 5.69 Å². The van der Waals surface area contributed by atoms with Gasteiger partial charge in [0.25, 0.3) is 0 Å². The standard InChI is InChI=1S/C11H17N3/c1-8-4-11(2-3-13-8)14-7-9-5-10(12)6-9/h2-4,9-10H,5-7,12H2,1H3,(H,13,14). The number of aromatic nitrogens is 1. The molecule has 1 aliphatic rings. The highest BCUT2D eigenvalue weighted by Crippen LogP contribution is 2.25. The van der Waals surface area contributed by atoms with Crippen LogP contribution in [0.1, 0.15) is 18.5 Å². The molecule has 0 aromatic carbocycles. The molecule has 0 unspecified atom stereocenters. The largest absolute Gasteiger partial charge is 0.385 e. The van der Waals surface area contributed by atoms with Gasteiger partial charge in [-0.25, -0.2) is 0 Å². The van der Waals surface area contributed by atoms with Gasteiger partial charge in [0, 0.05) is 30.2 Å². The van der Waals surface area contributed by atoms with Gasteiger partial charge < -0.3 is 11.1 Å². The second-order valence-corrected chi connectivity index (χ2v) is 4.16. The smallest absolute Gasteiger partial charge is 0.0393 e. The van der Waals surface area contributed by atoms with Crippen molar-refractivity contribution < 1.29 is 0 Å². The molecule has 0 saturated heterocycles. The summed E-state index contributed by atoms with van der Waals surface area (Å²) in [6, 6.07) is 4.52. The fraction of sp³-hybridized carbons (Fsp3) is 0.545. The first kappa shape index (κ1) is 9.46. The first-order chi connectivity index (χ1) is 6.74. The van der Waals surface area contributed by atoms with Crippen LogP contribution in [0.2, 0.25) is 0 Å². The van der Waals surface area contributed by atoms with E-state index in [4.69, 9.17) is 5.73 Å². The highest BCUT2D eigenvalue weighted by atomic mass is 14.9. The average molecular weight is 191 g/mol. The number of nitrogens with zero attached hydrogens (tertiary/aromatic N) is 1. The number of rotatable bonds is 3. The number of aryl methyl sites for hydroxylation is 1. The van der Waals surface area contributed by atoms with Gasteiger partial charge in [0.1, 0.15) is 0 Å². The summed E-state index contributed by atoms with van der Waals surface area (Å²) in [5.74, 6) is 0.762. The molecule has 3 heteroatoms. The minimum Gasteiger partial charge on any atom is -0.385 e. The van der Waals surface area contributed by atoms with E-state index in [0.29, 0.717) is 6.04 Å². The number of nitrogens with two attached hydrogens (primary N) is 1. The zero-order valence-electron chi connectivity index (χ0n) is 8.53. The Morgan fingerprint density at radius 3 is 3.00 bits per heavy atom. The lowest BCUT2D eigenvalue weighted by molar-refractivity contribution is 0.280. The fourth-order valence-electron chi connectivity index (χ4n) is 1.87. The molecule has 0 aliphatic heterocycles. The third-order valence-corrected chi connectivity index (χ3v) is 2.76. The van der Waals surface area contributed by atoms with E-state index in [1.807, 2.05) is 19.2 Å². The zero-order chi connectivity index (χ0) is 9.97. The summed E-state index contributed by atoms with van der Waals surface area (Å²) in [5, 5.41) is 3.41. The number of pyridine rings is 1. The van der Waals surface area contributed by atoms with E-state index in [1.165, 1.54) is 0 Å². The second-order valence-electron chi connectivity index (χ2n) is 4.16. The maximum Gasteiger partial charge on any atom is 0.0393 e. The van der Waals surface area contributed by atoms with E-state index < -0.39 is 0 Å². The molecule has 3 N–H and O–H groups in total. The Balaban J connectivity index is 1.80. The molecule has 1 aromatic heterocycles. The highest BCUT2D eigenvalue weighted by molar-refractivity contribution is 5.42. The van der Waals surface area contributed by atoms with Crippen molar-refractivity contribution in [1.82, 2.24) is 4.98 Å². The molecule has 0 atom stereocenters. The molecule has 0 radical (unpaired) electrons. The summed E-state index contributed by atoms with van der Waals surface area (Å²) in [5.41, 5.74) is 7.94. The van der Waals surface area contributed by atoms with Crippen molar-refractivity contribution in [1.29, 1.82) is 0 Å². The van der Waals surface area contributed by atoms with Crippen LogP contribution in [0.25, 0.3) is 0 Å². The van der Waals surface area contributed by atoms with Crippen molar-refractivity contribution in [3.05, 3.63) is 24.0 Å². The van der Waals surface area contributed by atoms with Crippen LogP contribution in [-0.4, -0.2) is 17.6 Å². The number of nitrogens with one attached hydrogen (secondary N) is 1. The quantitative estimate of drug-likeness (QED) is 0.762. The van der Waals surface area contributed by atoms with Crippen molar-refractivity contribution in [2.24, 2.45) is 11.7 Å². The topological polar surface area (TPSA) is 50.9 Å². The van der Waals surface area contributed by atoms with Gasteiger partial charge in [0.15, 0.2) is 0 Å². The Hall–Kier alpha value is -1.09. The lowest BCUT2D eigenvalue weighted by atomic mass is 9.81. The monoisotopic (exact) mass is 191 g/mol. The second kappa shape index (κ2) is 3.96. The summed E-state index contributed by atoms with van der Waals surface area (Å²) >= 11 is 0. The summed E-state index contributed by atoms with van der Waals surface area (Å²) in [4.78, 5) is 4.15. The predicted molar refractivity (Wildman–Crippen MR) is 58.2 cm³/mol. The van der Waals surface area contributed by atoms with Gasteiger partial charge >= 0.3 is 0 Å².